The average molecular weight is 313 g/mol. The summed E-state index contributed by atoms with van der Waals surface area (Å²) in [4.78, 5) is 0. The van der Waals surface area contributed by atoms with E-state index in [1.165, 1.54) is 24.3 Å². The molecular formula is C14H11BrF2O. The second-order valence-electron chi connectivity index (χ2n) is 3.80. The number of hydrogen-bond acceptors (Lipinski definition) is 1. The Hall–Kier alpha value is -1.42. The Bertz CT molecular complexity index is 526. The minimum atomic E-state index is -0.293. The third-order valence-electron chi connectivity index (χ3n) is 2.47. The molecule has 94 valence electrons. The molecule has 0 radical (unpaired) electrons. The van der Waals surface area contributed by atoms with Crippen LogP contribution in [-0.2, 0) is 11.9 Å². The van der Waals surface area contributed by atoms with E-state index >= 15 is 0 Å². The van der Waals surface area contributed by atoms with Crippen molar-refractivity contribution in [3.8, 4) is 5.75 Å². The summed E-state index contributed by atoms with van der Waals surface area (Å²) in [6.07, 6.45) is 0. The maximum atomic E-state index is 13.0. The minimum Gasteiger partial charge on any atom is -0.489 e. The molecule has 0 amide bonds. The van der Waals surface area contributed by atoms with Crippen molar-refractivity contribution in [3.05, 3.63) is 65.2 Å². The predicted molar refractivity (Wildman–Crippen MR) is 69.8 cm³/mol. The third kappa shape index (κ3) is 3.29. The van der Waals surface area contributed by atoms with Gasteiger partial charge in [0, 0.05) is 10.9 Å². The van der Waals surface area contributed by atoms with Gasteiger partial charge in [0.2, 0.25) is 0 Å². The van der Waals surface area contributed by atoms with Crippen molar-refractivity contribution < 1.29 is 13.5 Å². The van der Waals surface area contributed by atoms with Gasteiger partial charge in [-0.25, -0.2) is 8.78 Å². The Morgan fingerprint density at radius 3 is 2.28 bits per heavy atom. The highest BCUT2D eigenvalue weighted by Gasteiger charge is 2.04. The zero-order valence-electron chi connectivity index (χ0n) is 9.50. The van der Waals surface area contributed by atoms with Crippen LogP contribution < -0.4 is 4.74 Å². The maximum Gasteiger partial charge on any atom is 0.124 e. The molecule has 0 heterocycles. The van der Waals surface area contributed by atoms with E-state index in [2.05, 4.69) is 15.9 Å². The van der Waals surface area contributed by atoms with Crippen LogP contribution in [0.5, 0.6) is 5.75 Å². The lowest BCUT2D eigenvalue weighted by Gasteiger charge is -2.10. The molecule has 0 spiro atoms. The van der Waals surface area contributed by atoms with Crippen LogP contribution in [0.25, 0.3) is 0 Å². The second kappa shape index (κ2) is 5.96. The van der Waals surface area contributed by atoms with Gasteiger partial charge in [-0.05, 0) is 35.9 Å². The quantitative estimate of drug-likeness (QED) is 0.758. The van der Waals surface area contributed by atoms with Crippen LogP contribution in [0.15, 0.2) is 42.5 Å². The van der Waals surface area contributed by atoms with Crippen LogP contribution >= 0.6 is 15.9 Å². The summed E-state index contributed by atoms with van der Waals surface area (Å²) in [6, 6.07) is 10.5. The third-order valence-corrected chi connectivity index (χ3v) is 3.08. The lowest BCUT2D eigenvalue weighted by molar-refractivity contribution is 0.303. The largest absolute Gasteiger partial charge is 0.489 e. The molecule has 0 N–H and O–H groups in total. The van der Waals surface area contributed by atoms with E-state index in [0.29, 0.717) is 17.7 Å². The molecule has 18 heavy (non-hydrogen) atoms. The molecule has 0 aliphatic carbocycles. The molecular weight excluding hydrogens is 302 g/mol. The minimum absolute atomic E-state index is 0.276. The highest BCUT2D eigenvalue weighted by atomic mass is 79.9. The number of halogens is 3. The van der Waals surface area contributed by atoms with Gasteiger partial charge in [0.25, 0.3) is 0 Å². The van der Waals surface area contributed by atoms with Crippen molar-refractivity contribution in [1.29, 1.82) is 0 Å². The van der Waals surface area contributed by atoms with Gasteiger partial charge in [0.05, 0.1) is 0 Å². The molecule has 0 aromatic heterocycles. The first-order valence-electron chi connectivity index (χ1n) is 5.40. The maximum absolute atomic E-state index is 13.0. The van der Waals surface area contributed by atoms with Gasteiger partial charge in [-0.15, -0.1) is 0 Å². The van der Waals surface area contributed by atoms with E-state index in [1.807, 2.05) is 0 Å². The Balaban J connectivity index is 2.08. The Labute approximate surface area is 113 Å². The van der Waals surface area contributed by atoms with E-state index in [4.69, 9.17) is 4.74 Å². The second-order valence-corrected chi connectivity index (χ2v) is 4.36. The Morgan fingerprint density at radius 1 is 0.944 bits per heavy atom. The molecule has 0 unspecified atom stereocenters. The standard InChI is InChI=1S/C14H11BrF2O/c15-8-11-7-13(17)5-6-14(11)18-9-10-1-3-12(16)4-2-10/h1-7H,8-9H2. The molecule has 2 aromatic carbocycles. The van der Waals surface area contributed by atoms with Gasteiger partial charge in [0.15, 0.2) is 0 Å². The first kappa shape index (κ1) is 13.0. The summed E-state index contributed by atoms with van der Waals surface area (Å²) in [5.41, 5.74) is 1.61. The summed E-state index contributed by atoms with van der Waals surface area (Å²) in [5, 5.41) is 0.517. The first-order valence-corrected chi connectivity index (χ1v) is 6.53. The lowest BCUT2D eigenvalue weighted by atomic mass is 10.2. The van der Waals surface area contributed by atoms with E-state index in [0.717, 1.165) is 11.1 Å². The predicted octanol–water partition coefficient (Wildman–Crippen LogP) is 4.44. The molecule has 0 aliphatic heterocycles. The molecule has 0 saturated heterocycles. The van der Waals surface area contributed by atoms with Gasteiger partial charge in [-0.2, -0.15) is 0 Å². The molecule has 4 heteroatoms. The zero-order valence-corrected chi connectivity index (χ0v) is 11.1. The summed E-state index contributed by atoms with van der Waals surface area (Å²) in [7, 11) is 0. The fraction of sp³-hybridized carbons (Fsp3) is 0.143. The smallest absolute Gasteiger partial charge is 0.124 e. The Morgan fingerprint density at radius 2 is 1.61 bits per heavy atom. The number of benzene rings is 2. The van der Waals surface area contributed by atoms with Gasteiger partial charge in [0.1, 0.15) is 24.0 Å². The molecule has 0 saturated carbocycles. The first-order chi connectivity index (χ1) is 8.69. The fourth-order valence-corrected chi connectivity index (χ4v) is 1.97. The summed E-state index contributed by atoms with van der Waals surface area (Å²) >= 11 is 3.28. The molecule has 0 atom stereocenters. The molecule has 2 rings (SSSR count). The topological polar surface area (TPSA) is 9.23 Å². The van der Waals surface area contributed by atoms with E-state index in [1.54, 1.807) is 18.2 Å². The van der Waals surface area contributed by atoms with E-state index in [-0.39, 0.29) is 11.6 Å². The van der Waals surface area contributed by atoms with Crippen LogP contribution in [0.1, 0.15) is 11.1 Å². The number of alkyl halides is 1. The van der Waals surface area contributed by atoms with Crippen LogP contribution in [0, 0.1) is 11.6 Å². The molecule has 0 aliphatic rings. The molecule has 1 nitrogen and oxygen atoms in total. The van der Waals surface area contributed by atoms with Crippen molar-refractivity contribution >= 4 is 15.9 Å². The fourth-order valence-electron chi connectivity index (χ4n) is 1.53. The van der Waals surface area contributed by atoms with Gasteiger partial charge >= 0.3 is 0 Å². The number of hydrogen-bond donors (Lipinski definition) is 0. The van der Waals surface area contributed by atoms with Crippen LogP contribution in [0.4, 0.5) is 8.78 Å². The van der Waals surface area contributed by atoms with E-state index in [9.17, 15) is 8.78 Å². The SMILES string of the molecule is Fc1ccc(COc2ccc(F)cc2CBr)cc1. The highest BCUT2D eigenvalue weighted by Crippen LogP contribution is 2.23. The zero-order chi connectivity index (χ0) is 13.0. The van der Waals surface area contributed by atoms with Crippen molar-refractivity contribution in [3.63, 3.8) is 0 Å². The lowest BCUT2D eigenvalue weighted by Crippen LogP contribution is -1.98. The summed E-state index contributed by atoms with van der Waals surface area (Å²) in [5.74, 6) is 0.0536. The van der Waals surface area contributed by atoms with Gasteiger partial charge < -0.3 is 4.74 Å². The van der Waals surface area contributed by atoms with Crippen LogP contribution in [0.3, 0.4) is 0 Å². The van der Waals surface area contributed by atoms with Gasteiger partial charge in [-0.3, -0.25) is 0 Å². The van der Waals surface area contributed by atoms with E-state index < -0.39 is 0 Å². The Kier molecular flexibility index (Phi) is 4.31. The van der Waals surface area contributed by atoms with Crippen LogP contribution in [0.2, 0.25) is 0 Å². The normalized spacial score (nSPS) is 10.4. The van der Waals surface area contributed by atoms with Crippen molar-refractivity contribution in [2.75, 3.05) is 0 Å². The molecule has 0 fully saturated rings. The summed E-state index contributed by atoms with van der Waals surface area (Å²) < 4.78 is 31.3. The molecule has 0 bridgehead atoms. The summed E-state index contributed by atoms with van der Waals surface area (Å²) in [6.45, 7) is 0.325. The van der Waals surface area contributed by atoms with Crippen molar-refractivity contribution in [1.82, 2.24) is 0 Å². The average Bonchev–Trinajstić information content (AvgIpc) is 2.39. The van der Waals surface area contributed by atoms with Crippen molar-refractivity contribution in [2.45, 2.75) is 11.9 Å². The van der Waals surface area contributed by atoms with Crippen molar-refractivity contribution in [2.24, 2.45) is 0 Å². The van der Waals surface area contributed by atoms with Crippen LogP contribution in [-0.4, -0.2) is 0 Å². The number of rotatable bonds is 4. The monoisotopic (exact) mass is 312 g/mol. The van der Waals surface area contributed by atoms with Gasteiger partial charge in [-0.1, -0.05) is 28.1 Å². The number of ether oxygens (including phenoxy) is 1. The highest BCUT2D eigenvalue weighted by molar-refractivity contribution is 9.08. The molecule has 2 aromatic rings.